The fraction of sp³-hybridized carbons (Fsp3) is 0.625. The normalized spacial score (nSPS) is 20.6. The zero-order valence-corrected chi connectivity index (χ0v) is 11.4. The second-order valence-corrected chi connectivity index (χ2v) is 5.69. The summed E-state index contributed by atoms with van der Waals surface area (Å²) in [6, 6.07) is 10.6. The van der Waals surface area contributed by atoms with E-state index in [1.165, 1.54) is 24.8 Å². The van der Waals surface area contributed by atoms with E-state index in [2.05, 4.69) is 42.6 Å². The van der Waals surface area contributed by atoms with Crippen LogP contribution >= 0.6 is 0 Å². The van der Waals surface area contributed by atoms with E-state index in [4.69, 9.17) is 0 Å². The largest absolute Gasteiger partial charge is 0.394 e. The van der Waals surface area contributed by atoms with Crippen LogP contribution in [0.25, 0.3) is 0 Å². The van der Waals surface area contributed by atoms with Crippen LogP contribution in [0.3, 0.4) is 0 Å². The van der Waals surface area contributed by atoms with E-state index in [0.717, 1.165) is 19.4 Å². The van der Waals surface area contributed by atoms with Gasteiger partial charge in [-0.2, -0.15) is 0 Å². The molecule has 0 heterocycles. The van der Waals surface area contributed by atoms with Gasteiger partial charge in [0.2, 0.25) is 0 Å². The van der Waals surface area contributed by atoms with Crippen LogP contribution in [0.15, 0.2) is 30.3 Å². The molecule has 1 aliphatic rings. The van der Waals surface area contributed by atoms with Crippen LogP contribution in [-0.2, 0) is 0 Å². The molecule has 0 amide bonds. The number of aliphatic hydroxyl groups excluding tert-OH is 1. The summed E-state index contributed by atoms with van der Waals surface area (Å²) in [6.45, 7) is 3.47. The first-order valence-electron chi connectivity index (χ1n) is 7.17. The van der Waals surface area contributed by atoms with Crippen molar-refractivity contribution in [1.29, 1.82) is 0 Å². The van der Waals surface area contributed by atoms with E-state index in [0.29, 0.717) is 5.92 Å². The van der Waals surface area contributed by atoms with Crippen molar-refractivity contribution < 1.29 is 5.11 Å². The molecule has 1 fully saturated rings. The van der Waals surface area contributed by atoms with E-state index in [-0.39, 0.29) is 12.1 Å². The summed E-state index contributed by atoms with van der Waals surface area (Å²) in [7, 11) is 0. The molecule has 1 atom stereocenters. The summed E-state index contributed by atoms with van der Waals surface area (Å²) in [5, 5.41) is 13.3. The zero-order chi connectivity index (χ0) is 12.8. The van der Waals surface area contributed by atoms with Crippen LogP contribution in [0.1, 0.15) is 50.5 Å². The quantitative estimate of drug-likeness (QED) is 0.838. The molecule has 0 aliphatic heterocycles. The number of hydrogen-bond donors (Lipinski definition) is 2. The second kappa shape index (κ2) is 6.35. The molecule has 1 aromatic carbocycles. The van der Waals surface area contributed by atoms with Crippen LogP contribution < -0.4 is 5.32 Å². The summed E-state index contributed by atoms with van der Waals surface area (Å²) in [5.74, 6) is 0.497. The maximum atomic E-state index is 9.66. The highest BCUT2D eigenvalue weighted by atomic mass is 16.3. The van der Waals surface area contributed by atoms with Gasteiger partial charge in [0.1, 0.15) is 0 Å². The maximum Gasteiger partial charge on any atom is 0.0613 e. The van der Waals surface area contributed by atoms with Gasteiger partial charge in [-0.25, -0.2) is 0 Å². The van der Waals surface area contributed by atoms with Gasteiger partial charge in [0.05, 0.1) is 6.61 Å². The molecule has 100 valence electrons. The summed E-state index contributed by atoms with van der Waals surface area (Å²) < 4.78 is 0. The van der Waals surface area contributed by atoms with Gasteiger partial charge in [-0.3, -0.25) is 0 Å². The highest BCUT2D eigenvalue weighted by Gasteiger charge is 2.30. The van der Waals surface area contributed by atoms with Crippen molar-refractivity contribution in [3.8, 4) is 0 Å². The molecule has 0 spiro atoms. The van der Waals surface area contributed by atoms with E-state index in [1.807, 2.05) is 0 Å². The van der Waals surface area contributed by atoms with Gasteiger partial charge in [0.15, 0.2) is 0 Å². The first-order valence-corrected chi connectivity index (χ1v) is 7.17. The minimum Gasteiger partial charge on any atom is -0.394 e. The highest BCUT2D eigenvalue weighted by Crippen LogP contribution is 2.28. The fourth-order valence-corrected chi connectivity index (χ4v) is 2.89. The fourth-order valence-electron chi connectivity index (χ4n) is 2.89. The average molecular weight is 247 g/mol. The molecular weight excluding hydrogens is 222 g/mol. The van der Waals surface area contributed by atoms with Gasteiger partial charge in [0, 0.05) is 12.1 Å². The third kappa shape index (κ3) is 3.33. The topological polar surface area (TPSA) is 32.3 Å². The Morgan fingerprint density at radius 3 is 2.44 bits per heavy atom. The molecule has 0 bridgehead atoms. The van der Waals surface area contributed by atoms with Gasteiger partial charge >= 0.3 is 0 Å². The Morgan fingerprint density at radius 2 is 1.83 bits per heavy atom. The Morgan fingerprint density at radius 1 is 1.17 bits per heavy atom. The van der Waals surface area contributed by atoms with Crippen molar-refractivity contribution in [3.05, 3.63) is 35.9 Å². The van der Waals surface area contributed by atoms with Gasteiger partial charge in [-0.05, 0) is 24.3 Å². The van der Waals surface area contributed by atoms with Gasteiger partial charge in [-0.1, -0.05) is 56.5 Å². The summed E-state index contributed by atoms with van der Waals surface area (Å²) >= 11 is 0. The standard InChI is InChI=1S/C16H25NO/c1-14(15-8-4-2-5-9-15)12-17-16(13-18)10-6-3-7-11-16/h2,4-5,8-9,14,17-18H,3,6-7,10-13H2,1H3. The number of rotatable bonds is 5. The number of aliphatic hydroxyl groups is 1. The molecule has 0 saturated heterocycles. The Hall–Kier alpha value is -0.860. The van der Waals surface area contributed by atoms with E-state index < -0.39 is 0 Å². The SMILES string of the molecule is CC(CNC1(CO)CCCCC1)c1ccccc1. The predicted octanol–water partition coefficient (Wildman–Crippen LogP) is 3.07. The third-order valence-electron chi connectivity index (χ3n) is 4.27. The zero-order valence-electron chi connectivity index (χ0n) is 11.4. The highest BCUT2D eigenvalue weighted by molar-refractivity contribution is 5.19. The second-order valence-electron chi connectivity index (χ2n) is 5.69. The molecule has 2 nitrogen and oxygen atoms in total. The molecular formula is C16H25NO. The molecule has 1 aromatic rings. The molecule has 1 aliphatic carbocycles. The van der Waals surface area contributed by atoms with Gasteiger partial charge in [-0.15, -0.1) is 0 Å². The lowest BCUT2D eigenvalue weighted by Gasteiger charge is -2.37. The molecule has 1 unspecified atom stereocenters. The Labute approximate surface area is 110 Å². The average Bonchev–Trinajstić information content (AvgIpc) is 2.47. The lowest BCUT2D eigenvalue weighted by Crippen LogP contribution is -2.50. The molecule has 1 saturated carbocycles. The molecule has 18 heavy (non-hydrogen) atoms. The summed E-state index contributed by atoms with van der Waals surface area (Å²) in [4.78, 5) is 0. The number of nitrogens with one attached hydrogen (secondary N) is 1. The van der Waals surface area contributed by atoms with E-state index in [1.54, 1.807) is 0 Å². The van der Waals surface area contributed by atoms with Crippen LogP contribution in [0.4, 0.5) is 0 Å². The predicted molar refractivity (Wildman–Crippen MR) is 75.8 cm³/mol. The summed E-state index contributed by atoms with van der Waals surface area (Å²) in [6.07, 6.45) is 6.04. The lowest BCUT2D eigenvalue weighted by atomic mass is 9.82. The first-order chi connectivity index (χ1) is 8.76. The Bertz CT molecular complexity index is 343. The van der Waals surface area contributed by atoms with Crippen LogP contribution in [0.5, 0.6) is 0 Å². The summed E-state index contributed by atoms with van der Waals surface area (Å²) in [5.41, 5.74) is 1.36. The maximum absolute atomic E-state index is 9.66. The third-order valence-corrected chi connectivity index (χ3v) is 4.27. The van der Waals surface area contributed by atoms with E-state index in [9.17, 15) is 5.11 Å². The molecule has 2 heteroatoms. The number of hydrogen-bond acceptors (Lipinski definition) is 2. The molecule has 0 radical (unpaired) electrons. The molecule has 2 rings (SSSR count). The van der Waals surface area contributed by atoms with Crippen LogP contribution in [0, 0.1) is 0 Å². The van der Waals surface area contributed by atoms with Crippen molar-refractivity contribution in [2.75, 3.05) is 13.2 Å². The van der Waals surface area contributed by atoms with Crippen LogP contribution in [-0.4, -0.2) is 23.8 Å². The molecule has 0 aromatic heterocycles. The van der Waals surface area contributed by atoms with E-state index >= 15 is 0 Å². The Kier molecular flexibility index (Phi) is 4.79. The lowest BCUT2D eigenvalue weighted by molar-refractivity contribution is 0.120. The number of benzene rings is 1. The van der Waals surface area contributed by atoms with Crippen molar-refractivity contribution in [2.45, 2.75) is 50.5 Å². The first kappa shape index (κ1) is 13.6. The van der Waals surface area contributed by atoms with Crippen molar-refractivity contribution in [2.24, 2.45) is 0 Å². The van der Waals surface area contributed by atoms with Gasteiger partial charge in [0.25, 0.3) is 0 Å². The van der Waals surface area contributed by atoms with Crippen molar-refractivity contribution >= 4 is 0 Å². The minimum absolute atomic E-state index is 0.0126. The molecule has 2 N–H and O–H groups in total. The van der Waals surface area contributed by atoms with Crippen LogP contribution in [0.2, 0.25) is 0 Å². The van der Waals surface area contributed by atoms with Gasteiger partial charge < -0.3 is 10.4 Å². The van der Waals surface area contributed by atoms with Crippen molar-refractivity contribution in [1.82, 2.24) is 5.32 Å². The Balaban J connectivity index is 1.90. The smallest absolute Gasteiger partial charge is 0.0613 e. The monoisotopic (exact) mass is 247 g/mol. The minimum atomic E-state index is -0.0126. The van der Waals surface area contributed by atoms with Crippen molar-refractivity contribution in [3.63, 3.8) is 0 Å².